The lowest BCUT2D eigenvalue weighted by molar-refractivity contribution is -0.120. The number of aryl methyl sites for hydroxylation is 1. The second kappa shape index (κ2) is 7.23. The van der Waals surface area contributed by atoms with Gasteiger partial charge in [0.1, 0.15) is 5.76 Å². The van der Waals surface area contributed by atoms with Crippen molar-refractivity contribution in [3.63, 3.8) is 0 Å². The van der Waals surface area contributed by atoms with Crippen LogP contribution >= 0.6 is 0 Å². The van der Waals surface area contributed by atoms with Gasteiger partial charge in [0.2, 0.25) is 5.91 Å². The molecule has 0 atom stereocenters. The second-order valence-corrected chi connectivity index (χ2v) is 4.58. The number of nitrogens with zero attached hydrogens (tertiary/aromatic N) is 1. The van der Waals surface area contributed by atoms with Crippen molar-refractivity contribution in [3.05, 3.63) is 53.4 Å². The van der Waals surface area contributed by atoms with Gasteiger partial charge in [0.25, 0.3) is 5.91 Å². The summed E-state index contributed by atoms with van der Waals surface area (Å²) < 4.78 is 5.03. The van der Waals surface area contributed by atoms with Crippen molar-refractivity contribution in [2.45, 2.75) is 13.3 Å². The number of benzene rings is 1. The molecule has 2 rings (SSSR count). The molecule has 6 nitrogen and oxygen atoms in total. The first-order chi connectivity index (χ1) is 10.1. The number of rotatable bonds is 6. The summed E-state index contributed by atoms with van der Waals surface area (Å²) >= 11 is 0. The lowest BCUT2D eigenvalue weighted by atomic mass is 10.2. The van der Waals surface area contributed by atoms with Crippen molar-refractivity contribution in [1.82, 2.24) is 15.8 Å². The lowest BCUT2D eigenvalue weighted by Crippen LogP contribution is -2.37. The van der Waals surface area contributed by atoms with Gasteiger partial charge >= 0.3 is 0 Å². The predicted molar refractivity (Wildman–Crippen MR) is 76.7 cm³/mol. The molecule has 21 heavy (non-hydrogen) atoms. The average molecular weight is 287 g/mol. The standard InChI is InChI=1S/C15H17N3O3/c1-11-9-13(21-18-11)7-8-16-14(19)10-17-15(20)12-5-3-2-4-6-12/h2-6,9H,7-8,10H2,1H3,(H,16,19)(H,17,20). The van der Waals surface area contributed by atoms with Gasteiger partial charge < -0.3 is 15.2 Å². The number of amides is 2. The maximum atomic E-state index is 11.7. The van der Waals surface area contributed by atoms with E-state index in [0.717, 1.165) is 11.5 Å². The van der Waals surface area contributed by atoms with Crippen molar-refractivity contribution in [1.29, 1.82) is 0 Å². The van der Waals surface area contributed by atoms with Crippen LogP contribution in [0.3, 0.4) is 0 Å². The van der Waals surface area contributed by atoms with E-state index in [9.17, 15) is 9.59 Å². The number of hydrogen-bond donors (Lipinski definition) is 2. The molecule has 6 heteroatoms. The molecule has 0 unspecified atom stereocenters. The smallest absolute Gasteiger partial charge is 0.251 e. The topological polar surface area (TPSA) is 84.2 Å². The minimum Gasteiger partial charge on any atom is -0.361 e. The first-order valence-corrected chi connectivity index (χ1v) is 6.67. The van der Waals surface area contributed by atoms with E-state index in [1.807, 2.05) is 19.1 Å². The maximum Gasteiger partial charge on any atom is 0.251 e. The predicted octanol–water partition coefficient (Wildman–Crippen LogP) is 1.07. The van der Waals surface area contributed by atoms with Crippen LogP contribution in [0.4, 0.5) is 0 Å². The molecule has 0 aliphatic rings. The van der Waals surface area contributed by atoms with Gasteiger partial charge in [-0.05, 0) is 19.1 Å². The molecule has 0 saturated carbocycles. The molecule has 1 heterocycles. The average Bonchev–Trinajstić information content (AvgIpc) is 2.91. The van der Waals surface area contributed by atoms with Crippen LogP contribution in [0.25, 0.3) is 0 Å². The van der Waals surface area contributed by atoms with Crippen LogP contribution in [-0.4, -0.2) is 30.1 Å². The van der Waals surface area contributed by atoms with Crippen LogP contribution < -0.4 is 10.6 Å². The first kappa shape index (κ1) is 14.8. The minimum atomic E-state index is -0.267. The van der Waals surface area contributed by atoms with E-state index in [0.29, 0.717) is 18.5 Å². The third-order valence-corrected chi connectivity index (χ3v) is 2.82. The Kier molecular flexibility index (Phi) is 5.09. The third kappa shape index (κ3) is 4.76. The molecule has 2 N–H and O–H groups in total. The Morgan fingerprint density at radius 1 is 1.19 bits per heavy atom. The van der Waals surface area contributed by atoms with Crippen molar-refractivity contribution in [3.8, 4) is 0 Å². The van der Waals surface area contributed by atoms with E-state index in [2.05, 4.69) is 15.8 Å². The Morgan fingerprint density at radius 3 is 2.62 bits per heavy atom. The number of nitrogens with one attached hydrogen (secondary N) is 2. The van der Waals surface area contributed by atoms with E-state index in [4.69, 9.17) is 4.52 Å². The highest BCUT2D eigenvalue weighted by molar-refractivity contribution is 5.96. The van der Waals surface area contributed by atoms with Crippen molar-refractivity contribution >= 4 is 11.8 Å². The van der Waals surface area contributed by atoms with Gasteiger partial charge in [-0.1, -0.05) is 23.4 Å². The number of carbonyl (C=O) groups excluding carboxylic acids is 2. The van der Waals surface area contributed by atoms with Gasteiger partial charge in [-0.15, -0.1) is 0 Å². The summed E-state index contributed by atoms with van der Waals surface area (Å²) in [5.74, 6) is 0.216. The summed E-state index contributed by atoms with van der Waals surface area (Å²) in [7, 11) is 0. The van der Waals surface area contributed by atoms with Crippen LogP contribution in [0, 0.1) is 6.92 Å². The van der Waals surface area contributed by atoms with Gasteiger partial charge in [0.05, 0.1) is 12.2 Å². The fraction of sp³-hybridized carbons (Fsp3) is 0.267. The molecule has 110 valence electrons. The quantitative estimate of drug-likeness (QED) is 0.832. The molecule has 0 saturated heterocycles. The summed E-state index contributed by atoms with van der Waals surface area (Å²) in [6.07, 6.45) is 0.569. The molecule has 0 bridgehead atoms. The Labute approximate surface area is 122 Å². The summed E-state index contributed by atoms with van der Waals surface area (Å²) in [5, 5.41) is 9.03. The van der Waals surface area contributed by atoms with E-state index < -0.39 is 0 Å². The molecule has 0 aliphatic carbocycles. The highest BCUT2D eigenvalue weighted by Gasteiger charge is 2.07. The Balaban J connectivity index is 1.67. The zero-order chi connectivity index (χ0) is 15.1. The Morgan fingerprint density at radius 2 is 1.95 bits per heavy atom. The highest BCUT2D eigenvalue weighted by Crippen LogP contribution is 2.01. The van der Waals surface area contributed by atoms with Crippen LogP contribution in [0.2, 0.25) is 0 Å². The van der Waals surface area contributed by atoms with E-state index >= 15 is 0 Å². The van der Waals surface area contributed by atoms with E-state index in [-0.39, 0.29) is 18.4 Å². The molecule has 0 spiro atoms. The maximum absolute atomic E-state index is 11.7. The van der Waals surface area contributed by atoms with Crippen LogP contribution in [-0.2, 0) is 11.2 Å². The molecular formula is C15H17N3O3. The molecule has 0 fully saturated rings. The zero-order valence-electron chi connectivity index (χ0n) is 11.8. The van der Waals surface area contributed by atoms with Crippen molar-refractivity contribution in [2.75, 3.05) is 13.1 Å². The van der Waals surface area contributed by atoms with Gasteiger partial charge in [-0.2, -0.15) is 0 Å². The van der Waals surface area contributed by atoms with Gasteiger partial charge in [0, 0.05) is 24.6 Å². The number of carbonyl (C=O) groups is 2. The van der Waals surface area contributed by atoms with Crippen LogP contribution in [0.5, 0.6) is 0 Å². The van der Waals surface area contributed by atoms with Gasteiger partial charge in [-0.25, -0.2) is 0 Å². The fourth-order valence-corrected chi connectivity index (χ4v) is 1.77. The lowest BCUT2D eigenvalue weighted by Gasteiger charge is -2.06. The summed E-state index contributed by atoms with van der Waals surface area (Å²) in [6, 6.07) is 10.6. The number of aromatic nitrogens is 1. The summed E-state index contributed by atoms with van der Waals surface area (Å²) in [5.41, 5.74) is 1.34. The van der Waals surface area contributed by atoms with Crippen molar-refractivity contribution in [2.24, 2.45) is 0 Å². The highest BCUT2D eigenvalue weighted by atomic mass is 16.5. The summed E-state index contributed by atoms with van der Waals surface area (Å²) in [4.78, 5) is 23.3. The second-order valence-electron chi connectivity index (χ2n) is 4.58. The first-order valence-electron chi connectivity index (χ1n) is 6.67. The zero-order valence-corrected chi connectivity index (χ0v) is 11.8. The monoisotopic (exact) mass is 287 g/mol. The normalized spacial score (nSPS) is 10.1. The Hall–Kier alpha value is -2.63. The van der Waals surface area contributed by atoms with Gasteiger partial charge in [0.15, 0.2) is 0 Å². The molecule has 1 aromatic carbocycles. The molecule has 0 aliphatic heterocycles. The van der Waals surface area contributed by atoms with Crippen LogP contribution in [0.1, 0.15) is 21.8 Å². The SMILES string of the molecule is Cc1cc(CCNC(=O)CNC(=O)c2ccccc2)on1. The summed E-state index contributed by atoms with van der Waals surface area (Å²) in [6.45, 7) is 2.22. The van der Waals surface area contributed by atoms with E-state index in [1.165, 1.54) is 0 Å². The van der Waals surface area contributed by atoms with Crippen molar-refractivity contribution < 1.29 is 14.1 Å². The molecule has 2 aromatic rings. The largest absolute Gasteiger partial charge is 0.361 e. The van der Waals surface area contributed by atoms with E-state index in [1.54, 1.807) is 24.3 Å². The molecule has 1 aromatic heterocycles. The number of hydrogen-bond acceptors (Lipinski definition) is 4. The minimum absolute atomic E-state index is 0.0524. The fourth-order valence-electron chi connectivity index (χ4n) is 1.77. The third-order valence-electron chi connectivity index (χ3n) is 2.82. The van der Waals surface area contributed by atoms with Gasteiger partial charge in [-0.3, -0.25) is 9.59 Å². The molecular weight excluding hydrogens is 270 g/mol. The van der Waals surface area contributed by atoms with Crippen LogP contribution in [0.15, 0.2) is 40.9 Å². The molecule has 0 radical (unpaired) electrons. The Bertz CT molecular complexity index is 608. The molecule has 2 amide bonds.